The average molecular weight is 457 g/mol. The third-order valence-electron chi connectivity index (χ3n) is 4.21. The molecule has 0 saturated carbocycles. The number of methoxy groups -OCH3 is 1. The highest BCUT2D eigenvalue weighted by Gasteiger charge is 2.19. The Kier molecular flexibility index (Phi) is 8.94. The van der Waals surface area contributed by atoms with Crippen LogP contribution in [0.3, 0.4) is 0 Å². The number of hydrogen-bond donors (Lipinski definition) is 2. The van der Waals surface area contributed by atoms with Crippen LogP contribution < -0.4 is 10.7 Å². The van der Waals surface area contributed by atoms with Gasteiger partial charge in [-0.1, -0.05) is 12.1 Å². The number of alkyl carbamates (subject to hydrolysis) is 1. The Morgan fingerprint density at radius 1 is 1.21 bits per heavy atom. The molecule has 1 aromatic heterocycles. The first-order chi connectivity index (χ1) is 15.6. The van der Waals surface area contributed by atoms with E-state index in [9.17, 15) is 14.4 Å². The lowest BCUT2D eigenvalue weighted by atomic mass is 10.1. The molecule has 0 fully saturated rings. The fourth-order valence-corrected chi connectivity index (χ4v) is 2.74. The van der Waals surface area contributed by atoms with Crippen LogP contribution in [0.15, 0.2) is 36.8 Å². The van der Waals surface area contributed by atoms with E-state index in [-0.39, 0.29) is 19.6 Å². The van der Waals surface area contributed by atoms with Gasteiger partial charge in [0.05, 0.1) is 37.3 Å². The van der Waals surface area contributed by atoms with Crippen molar-refractivity contribution in [3.8, 4) is 6.07 Å². The maximum Gasteiger partial charge on any atom is 0.408 e. The molecule has 0 unspecified atom stereocenters. The molecule has 0 aliphatic carbocycles. The fourth-order valence-electron chi connectivity index (χ4n) is 2.74. The largest absolute Gasteiger partial charge is 0.468 e. The normalized spacial score (nSPS) is 10.9. The average Bonchev–Trinajstić information content (AvgIpc) is 3.17. The number of amides is 2. The monoisotopic (exact) mass is 456 g/mol. The summed E-state index contributed by atoms with van der Waals surface area (Å²) in [4.78, 5) is 40.1. The molecule has 1 heterocycles. The van der Waals surface area contributed by atoms with Crippen LogP contribution in [-0.2, 0) is 32.2 Å². The number of rotatable bonds is 9. The van der Waals surface area contributed by atoms with E-state index in [1.165, 1.54) is 12.1 Å². The van der Waals surface area contributed by atoms with Gasteiger partial charge in [0.1, 0.15) is 18.7 Å². The highest BCUT2D eigenvalue weighted by molar-refractivity contribution is 5.82. The smallest absolute Gasteiger partial charge is 0.408 e. The lowest BCUT2D eigenvalue weighted by Crippen LogP contribution is -2.49. The number of carbonyl (C=O) groups is 3. The molecule has 176 valence electrons. The summed E-state index contributed by atoms with van der Waals surface area (Å²) in [6.07, 6.45) is 2.53. The Balaban J connectivity index is 2.02. The van der Waals surface area contributed by atoms with Gasteiger partial charge in [0, 0.05) is 12.7 Å². The van der Waals surface area contributed by atoms with Crippen molar-refractivity contribution in [2.45, 2.75) is 39.5 Å². The van der Waals surface area contributed by atoms with E-state index < -0.39 is 23.6 Å². The second-order valence-corrected chi connectivity index (χ2v) is 8.14. The predicted molar refractivity (Wildman–Crippen MR) is 117 cm³/mol. The molecule has 0 aliphatic heterocycles. The zero-order chi connectivity index (χ0) is 24.4. The summed E-state index contributed by atoms with van der Waals surface area (Å²) in [5, 5.41) is 12.7. The molecular formula is C22H28N6O5. The molecule has 0 saturated heterocycles. The van der Waals surface area contributed by atoms with Gasteiger partial charge in [-0.05, 0) is 38.5 Å². The van der Waals surface area contributed by atoms with Crippen molar-refractivity contribution in [2.24, 2.45) is 0 Å². The Hall–Kier alpha value is -3.91. The number of esters is 1. The van der Waals surface area contributed by atoms with Crippen molar-refractivity contribution in [3.63, 3.8) is 0 Å². The van der Waals surface area contributed by atoms with Crippen LogP contribution in [0.25, 0.3) is 0 Å². The quantitative estimate of drug-likeness (QED) is 0.426. The molecular weight excluding hydrogens is 428 g/mol. The van der Waals surface area contributed by atoms with Crippen molar-refractivity contribution in [1.29, 1.82) is 5.26 Å². The van der Waals surface area contributed by atoms with Crippen molar-refractivity contribution < 1.29 is 23.9 Å². The first-order valence-corrected chi connectivity index (χ1v) is 10.2. The van der Waals surface area contributed by atoms with Gasteiger partial charge in [-0.25, -0.2) is 14.8 Å². The van der Waals surface area contributed by atoms with E-state index >= 15 is 0 Å². The number of nitrogens with zero attached hydrogens (tertiary/aromatic N) is 4. The van der Waals surface area contributed by atoms with Crippen LogP contribution in [-0.4, -0.2) is 58.3 Å². The van der Waals surface area contributed by atoms with E-state index in [1.807, 2.05) is 16.7 Å². The summed E-state index contributed by atoms with van der Waals surface area (Å²) in [7, 11) is 1.25. The predicted octanol–water partition coefficient (Wildman–Crippen LogP) is 1.33. The summed E-state index contributed by atoms with van der Waals surface area (Å²) in [5.41, 5.74) is 4.15. The number of hydrazine groups is 1. The van der Waals surface area contributed by atoms with Crippen LogP contribution in [0.2, 0.25) is 0 Å². The Bertz CT molecular complexity index is 1000. The van der Waals surface area contributed by atoms with Crippen LogP contribution in [0.1, 0.15) is 37.6 Å². The van der Waals surface area contributed by atoms with E-state index in [0.29, 0.717) is 12.1 Å². The van der Waals surface area contributed by atoms with Crippen molar-refractivity contribution in [2.75, 3.05) is 20.2 Å². The number of nitriles is 1. The summed E-state index contributed by atoms with van der Waals surface area (Å²) in [6, 6.07) is 9.23. The summed E-state index contributed by atoms with van der Waals surface area (Å²) >= 11 is 0. The highest BCUT2D eigenvalue weighted by Crippen LogP contribution is 2.10. The first kappa shape index (κ1) is 25.4. The summed E-state index contributed by atoms with van der Waals surface area (Å²) in [6.45, 7) is 5.24. The number of nitrogens with one attached hydrogen (secondary N) is 2. The molecule has 0 aliphatic rings. The number of ether oxygens (including phenoxy) is 2. The number of aromatic nitrogens is 2. The van der Waals surface area contributed by atoms with E-state index in [4.69, 9.17) is 14.7 Å². The van der Waals surface area contributed by atoms with Crippen LogP contribution in [0, 0.1) is 11.3 Å². The van der Waals surface area contributed by atoms with Crippen molar-refractivity contribution in [1.82, 2.24) is 25.3 Å². The molecule has 11 nitrogen and oxygen atoms in total. The minimum absolute atomic E-state index is 0.156. The van der Waals surface area contributed by atoms with E-state index in [2.05, 4.69) is 21.8 Å². The molecule has 0 spiro atoms. The summed E-state index contributed by atoms with van der Waals surface area (Å²) < 4.78 is 11.7. The van der Waals surface area contributed by atoms with Gasteiger partial charge in [0.2, 0.25) is 0 Å². The molecule has 2 N–H and O–H groups in total. The van der Waals surface area contributed by atoms with Gasteiger partial charge >= 0.3 is 12.1 Å². The van der Waals surface area contributed by atoms with Gasteiger partial charge in [0.25, 0.3) is 5.91 Å². The number of imidazole rings is 1. The van der Waals surface area contributed by atoms with Crippen molar-refractivity contribution in [3.05, 3.63) is 53.6 Å². The maximum absolute atomic E-state index is 12.3. The SMILES string of the molecule is COC(=O)CN(Cc1cncn1Cc1ccc(C#N)cc1)NC(=O)CNC(=O)OC(C)(C)C. The molecule has 0 bridgehead atoms. The van der Waals surface area contributed by atoms with Gasteiger partial charge in [-0.15, -0.1) is 0 Å². The summed E-state index contributed by atoms with van der Waals surface area (Å²) in [5.74, 6) is -1.09. The third kappa shape index (κ3) is 9.00. The topological polar surface area (TPSA) is 139 Å². The molecule has 0 atom stereocenters. The Morgan fingerprint density at radius 3 is 2.52 bits per heavy atom. The van der Waals surface area contributed by atoms with Gasteiger partial charge in [-0.2, -0.15) is 5.26 Å². The Morgan fingerprint density at radius 2 is 1.91 bits per heavy atom. The molecule has 1 aromatic carbocycles. The van der Waals surface area contributed by atoms with E-state index in [0.717, 1.165) is 11.3 Å². The molecule has 2 amide bonds. The molecule has 2 aromatic rings. The van der Waals surface area contributed by atoms with Crippen LogP contribution in [0.5, 0.6) is 0 Å². The standard InChI is InChI=1S/C22H28N6O5/c1-22(2,3)33-21(31)25-11-19(29)26-28(14-20(30)32-4)13-18-10-24-15-27(18)12-17-7-5-16(9-23)6-8-17/h5-8,10,15H,11-14H2,1-4H3,(H,25,31)(H,26,29). The zero-order valence-electron chi connectivity index (χ0n) is 19.1. The number of carbonyl (C=O) groups excluding carboxylic acids is 3. The van der Waals surface area contributed by atoms with Gasteiger partial charge in [-0.3, -0.25) is 15.0 Å². The second-order valence-electron chi connectivity index (χ2n) is 8.14. The van der Waals surface area contributed by atoms with Crippen molar-refractivity contribution >= 4 is 18.0 Å². The molecule has 33 heavy (non-hydrogen) atoms. The third-order valence-corrected chi connectivity index (χ3v) is 4.21. The van der Waals surface area contributed by atoms with E-state index in [1.54, 1.807) is 45.4 Å². The molecule has 0 radical (unpaired) electrons. The van der Waals surface area contributed by atoms with Gasteiger partial charge < -0.3 is 19.4 Å². The lowest BCUT2D eigenvalue weighted by Gasteiger charge is -2.23. The Labute approximate surface area is 192 Å². The minimum Gasteiger partial charge on any atom is -0.468 e. The molecule has 2 rings (SSSR count). The number of hydrogen-bond acceptors (Lipinski definition) is 8. The second kappa shape index (κ2) is 11.6. The van der Waals surface area contributed by atoms with Crippen LogP contribution >= 0.6 is 0 Å². The maximum atomic E-state index is 12.3. The number of benzene rings is 1. The molecule has 11 heteroatoms. The van der Waals surface area contributed by atoms with Gasteiger partial charge in [0.15, 0.2) is 0 Å². The van der Waals surface area contributed by atoms with Crippen LogP contribution in [0.4, 0.5) is 4.79 Å². The lowest BCUT2D eigenvalue weighted by molar-refractivity contribution is -0.144. The minimum atomic E-state index is -0.724. The fraction of sp³-hybridized carbons (Fsp3) is 0.409. The first-order valence-electron chi connectivity index (χ1n) is 10.2. The zero-order valence-corrected chi connectivity index (χ0v) is 19.1. The highest BCUT2D eigenvalue weighted by atomic mass is 16.6.